The first kappa shape index (κ1) is 20.4. The molecule has 0 spiro atoms. The van der Waals surface area contributed by atoms with Crippen molar-refractivity contribution in [2.75, 3.05) is 31.1 Å². The summed E-state index contributed by atoms with van der Waals surface area (Å²) in [5.74, 6) is -0.514. The van der Waals surface area contributed by atoms with E-state index in [1.165, 1.54) is 6.33 Å². The zero-order chi connectivity index (χ0) is 21.5. The number of aryl methyl sites for hydroxylation is 2. The molecule has 2 aromatic heterocycles. The second-order valence-corrected chi connectivity index (χ2v) is 8.95. The van der Waals surface area contributed by atoms with E-state index in [0.29, 0.717) is 30.8 Å². The summed E-state index contributed by atoms with van der Waals surface area (Å²) in [7, 11) is -4.13. The Morgan fingerprint density at radius 3 is 2.30 bits per heavy atom. The van der Waals surface area contributed by atoms with Gasteiger partial charge in [-0.05, 0) is 38.1 Å². The van der Waals surface area contributed by atoms with Gasteiger partial charge in [-0.1, -0.05) is 0 Å². The highest BCUT2D eigenvalue weighted by molar-refractivity contribution is 7.89. The lowest BCUT2D eigenvalue weighted by molar-refractivity contribution is 0.381. The number of nitrogens with zero attached hydrogens (tertiary/aromatic N) is 6. The van der Waals surface area contributed by atoms with E-state index in [9.17, 15) is 17.2 Å². The molecule has 1 aromatic carbocycles. The molecule has 0 N–H and O–H groups in total. The number of piperazine rings is 1. The van der Waals surface area contributed by atoms with Crippen LogP contribution in [-0.4, -0.2) is 58.7 Å². The molecule has 3 aromatic rings. The molecule has 0 bridgehead atoms. The van der Waals surface area contributed by atoms with Crippen LogP contribution in [0.1, 0.15) is 11.4 Å². The summed E-state index contributed by atoms with van der Waals surface area (Å²) in [4.78, 5) is 9.84. The molecule has 0 radical (unpaired) electrons. The lowest BCUT2D eigenvalue weighted by atomic mass is 10.3. The van der Waals surface area contributed by atoms with Crippen molar-refractivity contribution in [3.05, 3.63) is 59.7 Å². The van der Waals surface area contributed by atoms with Crippen LogP contribution in [0, 0.1) is 25.5 Å². The highest BCUT2D eigenvalue weighted by Crippen LogP contribution is 2.23. The molecule has 1 fully saturated rings. The Balaban J connectivity index is 1.52. The highest BCUT2D eigenvalue weighted by atomic mass is 32.2. The van der Waals surface area contributed by atoms with Crippen molar-refractivity contribution in [2.45, 2.75) is 18.7 Å². The van der Waals surface area contributed by atoms with Gasteiger partial charge in [-0.3, -0.25) is 0 Å². The summed E-state index contributed by atoms with van der Waals surface area (Å²) in [6.45, 7) is 4.77. The number of hydrogen-bond donors (Lipinski definition) is 0. The molecule has 1 aliphatic heterocycles. The standard InChI is InChI=1S/C19H20F2N6O2S/c1-13-9-14(2)27(24-13)19-11-18(22-12-23-19)25-5-7-26(8-6-25)30(28,29)17-10-15(20)3-4-16(17)21/h3-4,9-12H,5-8H2,1-2H3. The Morgan fingerprint density at radius 1 is 0.933 bits per heavy atom. The van der Waals surface area contributed by atoms with Crippen molar-refractivity contribution in [1.82, 2.24) is 24.1 Å². The first-order chi connectivity index (χ1) is 14.3. The summed E-state index contributed by atoms with van der Waals surface area (Å²) < 4.78 is 55.8. The van der Waals surface area contributed by atoms with Gasteiger partial charge in [0, 0.05) is 37.9 Å². The monoisotopic (exact) mass is 434 g/mol. The van der Waals surface area contributed by atoms with Crippen LogP contribution in [0.4, 0.5) is 14.6 Å². The SMILES string of the molecule is Cc1cc(C)n(-c2cc(N3CCN(S(=O)(=O)c4cc(F)ccc4F)CC3)ncn2)n1. The molecule has 3 heterocycles. The molecule has 0 amide bonds. The second-order valence-electron chi connectivity index (χ2n) is 7.04. The number of anilines is 1. The molecule has 4 rings (SSSR count). The van der Waals surface area contributed by atoms with E-state index in [2.05, 4.69) is 15.1 Å². The number of rotatable bonds is 4. The van der Waals surface area contributed by atoms with Gasteiger partial charge in [0.05, 0.1) is 5.69 Å². The zero-order valence-corrected chi connectivity index (χ0v) is 17.3. The molecule has 158 valence electrons. The largest absolute Gasteiger partial charge is 0.354 e. The normalized spacial score (nSPS) is 15.5. The Morgan fingerprint density at radius 2 is 1.63 bits per heavy atom. The predicted molar refractivity (Wildman–Crippen MR) is 106 cm³/mol. The van der Waals surface area contributed by atoms with Gasteiger partial charge in [0.15, 0.2) is 5.82 Å². The maximum atomic E-state index is 14.0. The summed E-state index contributed by atoms with van der Waals surface area (Å²) in [5, 5.41) is 4.41. The van der Waals surface area contributed by atoms with Gasteiger partial charge in [0.25, 0.3) is 0 Å². The third kappa shape index (κ3) is 3.77. The zero-order valence-electron chi connectivity index (χ0n) is 16.5. The minimum Gasteiger partial charge on any atom is -0.354 e. The molecular weight excluding hydrogens is 414 g/mol. The fourth-order valence-corrected chi connectivity index (χ4v) is 4.96. The van der Waals surface area contributed by atoms with Crippen molar-refractivity contribution >= 4 is 15.8 Å². The van der Waals surface area contributed by atoms with E-state index in [0.717, 1.165) is 27.8 Å². The quantitative estimate of drug-likeness (QED) is 0.625. The Labute approximate surface area is 172 Å². The third-order valence-corrected chi connectivity index (χ3v) is 6.85. The fourth-order valence-electron chi connectivity index (χ4n) is 3.46. The van der Waals surface area contributed by atoms with Gasteiger partial charge >= 0.3 is 0 Å². The van der Waals surface area contributed by atoms with Crippen LogP contribution in [0.15, 0.2) is 41.6 Å². The van der Waals surface area contributed by atoms with Crippen molar-refractivity contribution in [2.24, 2.45) is 0 Å². The van der Waals surface area contributed by atoms with Crippen LogP contribution in [0.25, 0.3) is 5.82 Å². The predicted octanol–water partition coefficient (Wildman–Crippen LogP) is 2.07. The Kier molecular flexibility index (Phi) is 5.24. The number of halogens is 2. The lowest BCUT2D eigenvalue weighted by Crippen LogP contribution is -2.49. The number of benzene rings is 1. The van der Waals surface area contributed by atoms with E-state index < -0.39 is 26.6 Å². The van der Waals surface area contributed by atoms with Crippen LogP contribution in [0.3, 0.4) is 0 Å². The van der Waals surface area contributed by atoms with Crippen LogP contribution < -0.4 is 4.90 Å². The highest BCUT2D eigenvalue weighted by Gasteiger charge is 2.31. The topological polar surface area (TPSA) is 84.2 Å². The van der Waals surface area contributed by atoms with Crippen molar-refractivity contribution in [3.8, 4) is 5.82 Å². The first-order valence-electron chi connectivity index (χ1n) is 9.31. The molecule has 11 heteroatoms. The van der Waals surface area contributed by atoms with E-state index in [1.807, 2.05) is 24.8 Å². The number of hydrogen-bond acceptors (Lipinski definition) is 6. The summed E-state index contributed by atoms with van der Waals surface area (Å²) in [6, 6.07) is 6.15. The third-order valence-electron chi connectivity index (χ3n) is 4.94. The average Bonchev–Trinajstić information content (AvgIpc) is 3.08. The first-order valence-corrected chi connectivity index (χ1v) is 10.8. The fraction of sp³-hybridized carbons (Fsp3) is 0.316. The lowest BCUT2D eigenvalue weighted by Gasteiger charge is -2.34. The maximum Gasteiger partial charge on any atom is 0.246 e. The maximum absolute atomic E-state index is 14.0. The van der Waals surface area contributed by atoms with Crippen LogP contribution in [-0.2, 0) is 10.0 Å². The van der Waals surface area contributed by atoms with Gasteiger partial charge in [0.1, 0.15) is 28.7 Å². The smallest absolute Gasteiger partial charge is 0.246 e. The van der Waals surface area contributed by atoms with Gasteiger partial charge in [-0.2, -0.15) is 9.40 Å². The van der Waals surface area contributed by atoms with E-state index >= 15 is 0 Å². The van der Waals surface area contributed by atoms with Crippen molar-refractivity contribution < 1.29 is 17.2 Å². The summed E-state index contributed by atoms with van der Waals surface area (Å²) in [6.07, 6.45) is 1.44. The van der Waals surface area contributed by atoms with E-state index in [4.69, 9.17) is 0 Å². The molecule has 0 aliphatic carbocycles. The van der Waals surface area contributed by atoms with E-state index in [-0.39, 0.29) is 13.1 Å². The molecule has 0 unspecified atom stereocenters. The van der Waals surface area contributed by atoms with Gasteiger partial charge in [0.2, 0.25) is 10.0 Å². The van der Waals surface area contributed by atoms with Crippen molar-refractivity contribution in [1.29, 1.82) is 0 Å². The molecule has 1 saturated heterocycles. The Hall–Kier alpha value is -2.92. The van der Waals surface area contributed by atoms with Gasteiger partial charge in [-0.15, -0.1) is 0 Å². The van der Waals surface area contributed by atoms with Gasteiger partial charge in [-0.25, -0.2) is 31.8 Å². The minimum absolute atomic E-state index is 0.123. The summed E-state index contributed by atoms with van der Waals surface area (Å²) in [5.41, 5.74) is 1.81. The van der Waals surface area contributed by atoms with Crippen LogP contribution in [0.2, 0.25) is 0 Å². The molecular formula is C19H20F2N6O2S. The van der Waals surface area contributed by atoms with Crippen LogP contribution in [0.5, 0.6) is 0 Å². The molecule has 30 heavy (non-hydrogen) atoms. The summed E-state index contributed by atoms with van der Waals surface area (Å²) >= 11 is 0. The van der Waals surface area contributed by atoms with Crippen molar-refractivity contribution in [3.63, 3.8) is 0 Å². The molecule has 0 atom stereocenters. The van der Waals surface area contributed by atoms with Gasteiger partial charge < -0.3 is 4.90 Å². The molecule has 0 saturated carbocycles. The molecule has 8 nitrogen and oxygen atoms in total. The Bertz CT molecular complexity index is 1190. The second kappa shape index (κ2) is 7.73. The van der Waals surface area contributed by atoms with Crippen LogP contribution >= 0.6 is 0 Å². The minimum atomic E-state index is -4.13. The number of aromatic nitrogens is 4. The van der Waals surface area contributed by atoms with E-state index in [1.54, 1.807) is 10.7 Å². The average molecular weight is 434 g/mol. The molecule has 1 aliphatic rings. The number of sulfonamides is 1.